The van der Waals surface area contributed by atoms with Crippen LogP contribution < -0.4 is 10.1 Å². The molecule has 0 spiro atoms. The van der Waals surface area contributed by atoms with E-state index in [0.29, 0.717) is 36.0 Å². The van der Waals surface area contributed by atoms with Crippen LogP contribution in [0, 0.1) is 6.92 Å². The number of rotatable bonds is 6. The Morgan fingerprint density at radius 3 is 2.73 bits per heavy atom. The summed E-state index contributed by atoms with van der Waals surface area (Å²) in [5.41, 5.74) is 1.43. The summed E-state index contributed by atoms with van der Waals surface area (Å²) in [7, 11) is -2.30. The Labute approximate surface area is 175 Å². The Balaban J connectivity index is 1.66. The van der Waals surface area contributed by atoms with Crippen molar-refractivity contribution < 1.29 is 13.2 Å². The lowest BCUT2D eigenvalue weighted by molar-refractivity contribution is 0.377. The summed E-state index contributed by atoms with van der Waals surface area (Å²) in [6.07, 6.45) is 9.29. The van der Waals surface area contributed by atoms with E-state index in [1.165, 1.54) is 11.4 Å². The first-order chi connectivity index (χ1) is 14.5. The van der Waals surface area contributed by atoms with Crippen LogP contribution in [0.3, 0.4) is 0 Å². The number of anilines is 2. The van der Waals surface area contributed by atoms with Crippen molar-refractivity contribution in [2.45, 2.75) is 30.7 Å². The number of aromatic nitrogens is 4. The normalized spacial score (nSPS) is 17.1. The van der Waals surface area contributed by atoms with E-state index in [4.69, 9.17) is 4.74 Å². The van der Waals surface area contributed by atoms with Crippen molar-refractivity contribution in [3.63, 3.8) is 0 Å². The molecule has 0 saturated carbocycles. The molecule has 3 aromatic rings. The number of ether oxygens (including phenoxy) is 1. The van der Waals surface area contributed by atoms with Crippen LogP contribution in [0.2, 0.25) is 0 Å². The Hall–Kier alpha value is -3.11. The van der Waals surface area contributed by atoms with E-state index in [9.17, 15) is 8.42 Å². The van der Waals surface area contributed by atoms with Gasteiger partial charge in [-0.2, -0.15) is 4.31 Å². The van der Waals surface area contributed by atoms with Gasteiger partial charge in [0.15, 0.2) is 0 Å². The summed E-state index contributed by atoms with van der Waals surface area (Å²) >= 11 is 0. The number of aryl methyl sites for hydroxylation is 1. The van der Waals surface area contributed by atoms with Gasteiger partial charge in [-0.25, -0.2) is 18.4 Å². The molecule has 156 valence electrons. The van der Waals surface area contributed by atoms with Gasteiger partial charge in [-0.1, -0.05) is 6.07 Å². The smallest absolute Gasteiger partial charge is 0.247 e. The first-order valence-corrected chi connectivity index (χ1v) is 10.9. The molecule has 9 nitrogen and oxygen atoms in total. The number of hydrogen-bond acceptors (Lipinski definition) is 8. The van der Waals surface area contributed by atoms with Gasteiger partial charge in [-0.05, 0) is 37.5 Å². The maximum atomic E-state index is 13.5. The largest absolute Gasteiger partial charge is 0.495 e. The third-order valence-corrected chi connectivity index (χ3v) is 6.85. The Morgan fingerprint density at radius 1 is 1.13 bits per heavy atom. The zero-order chi connectivity index (χ0) is 21.1. The molecule has 1 N–H and O–H groups in total. The minimum Gasteiger partial charge on any atom is -0.495 e. The van der Waals surface area contributed by atoms with E-state index in [1.54, 1.807) is 43.1 Å². The second-order valence-electron chi connectivity index (χ2n) is 6.97. The second kappa shape index (κ2) is 8.33. The number of methoxy groups -OCH3 is 1. The third kappa shape index (κ3) is 3.96. The zero-order valence-electron chi connectivity index (χ0n) is 16.7. The van der Waals surface area contributed by atoms with Gasteiger partial charge in [-0.15, -0.1) is 0 Å². The molecular formula is C20H22N6O3S. The topological polar surface area (TPSA) is 110 Å². The van der Waals surface area contributed by atoms with E-state index >= 15 is 0 Å². The van der Waals surface area contributed by atoms with E-state index in [2.05, 4.69) is 25.3 Å². The molecule has 1 atom stereocenters. The van der Waals surface area contributed by atoms with Gasteiger partial charge in [0.25, 0.3) is 0 Å². The summed E-state index contributed by atoms with van der Waals surface area (Å²) < 4.78 is 33.8. The molecule has 1 unspecified atom stereocenters. The Bertz CT molecular complexity index is 1140. The summed E-state index contributed by atoms with van der Waals surface area (Å²) in [4.78, 5) is 17.2. The molecule has 4 rings (SSSR count). The number of nitrogens with one attached hydrogen (secondary N) is 1. The second-order valence-corrected chi connectivity index (χ2v) is 8.83. The van der Waals surface area contributed by atoms with E-state index < -0.39 is 16.1 Å². The molecular weight excluding hydrogens is 404 g/mol. The van der Waals surface area contributed by atoms with Gasteiger partial charge < -0.3 is 10.1 Å². The molecule has 0 aliphatic carbocycles. The van der Waals surface area contributed by atoms with Crippen molar-refractivity contribution in [3.05, 3.63) is 60.4 Å². The van der Waals surface area contributed by atoms with Gasteiger partial charge in [0, 0.05) is 18.9 Å². The average Bonchev–Trinajstić information content (AvgIpc) is 3.26. The molecule has 0 radical (unpaired) electrons. The summed E-state index contributed by atoms with van der Waals surface area (Å²) in [6, 6.07) is 4.74. The van der Waals surface area contributed by atoms with Crippen molar-refractivity contribution in [1.82, 2.24) is 24.2 Å². The maximum absolute atomic E-state index is 13.5. The molecule has 2 aromatic heterocycles. The van der Waals surface area contributed by atoms with Crippen LogP contribution in [-0.2, 0) is 10.0 Å². The van der Waals surface area contributed by atoms with Gasteiger partial charge >= 0.3 is 0 Å². The van der Waals surface area contributed by atoms with Crippen LogP contribution in [0.15, 0.2) is 54.1 Å². The van der Waals surface area contributed by atoms with Crippen LogP contribution in [0.5, 0.6) is 5.75 Å². The summed E-state index contributed by atoms with van der Waals surface area (Å²) in [6.45, 7) is 2.26. The van der Waals surface area contributed by atoms with Gasteiger partial charge in [-0.3, -0.25) is 9.97 Å². The Kier molecular flexibility index (Phi) is 5.60. The zero-order valence-corrected chi connectivity index (χ0v) is 17.5. The van der Waals surface area contributed by atoms with Crippen LogP contribution in [0.25, 0.3) is 0 Å². The van der Waals surface area contributed by atoms with Gasteiger partial charge in [0.05, 0.1) is 37.4 Å². The van der Waals surface area contributed by atoms with Crippen molar-refractivity contribution in [2.75, 3.05) is 19.0 Å². The molecule has 30 heavy (non-hydrogen) atoms. The number of nitrogens with zero attached hydrogens (tertiary/aromatic N) is 5. The Morgan fingerprint density at radius 2 is 1.97 bits per heavy atom. The molecule has 1 saturated heterocycles. The summed E-state index contributed by atoms with van der Waals surface area (Å²) in [5, 5.41) is 3.04. The number of sulfonamides is 1. The fourth-order valence-corrected chi connectivity index (χ4v) is 5.44. The van der Waals surface area contributed by atoms with Crippen LogP contribution in [-0.4, -0.2) is 46.3 Å². The minimum atomic E-state index is -3.78. The fourth-order valence-electron chi connectivity index (χ4n) is 3.53. The van der Waals surface area contributed by atoms with Crippen molar-refractivity contribution in [2.24, 2.45) is 0 Å². The molecule has 1 aromatic carbocycles. The predicted octanol–water partition coefficient (Wildman–Crippen LogP) is 2.85. The van der Waals surface area contributed by atoms with Crippen LogP contribution in [0.4, 0.5) is 11.6 Å². The molecule has 0 amide bonds. The molecule has 1 aliphatic rings. The van der Waals surface area contributed by atoms with E-state index in [-0.39, 0.29) is 4.90 Å². The quantitative estimate of drug-likeness (QED) is 0.641. The SMILES string of the molecule is COc1ccc(C)cc1S(=O)(=O)N1CCCC1c1cncc(Nc2cnccn2)n1. The maximum Gasteiger partial charge on any atom is 0.247 e. The van der Waals surface area contributed by atoms with Crippen LogP contribution in [0.1, 0.15) is 30.1 Å². The lowest BCUT2D eigenvalue weighted by Crippen LogP contribution is -2.31. The third-order valence-electron chi connectivity index (χ3n) is 4.92. The monoisotopic (exact) mass is 426 g/mol. The first kappa shape index (κ1) is 20.2. The first-order valence-electron chi connectivity index (χ1n) is 9.50. The van der Waals surface area contributed by atoms with Crippen LogP contribution >= 0.6 is 0 Å². The highest BCUT2D eigenvalue weighted by Crippen LogP contribution is 2.38. The van der Waals surface area contributed by atoms with Crippen molar-refractivity contribution in [3.8, 4) is 5.75 Å². The number of hydrogen-bond donors (Lipinski definition) is 1. The number of benzene rings is 1. The molecule has 1 aliphatic heterocycles. The lowest BCUT2D eigenvalue weighted by atomic mass is 10.2. The fraction of sp³-hybridized carbons (Fsp3) is 0.300. The molecule has 0 bridgehead atoms. The average molecular weight is 427 g/mol. The van der Waals surface area contributed by atoms with E-state index in [1.807, 2.05) is 13.0 Å². The highest BCUT2D eigenvalue weighted by molar-refractivity contribution is 7.89. The molecule has 1 fully saturated rings. The highest BCUT2D eigenvalue weighted by Gasteiger charge is 2.38. The standard InChI is InChI=1S/C20H22N6O3S/c1-14-5-6-17(29-2)18(10-14)30(27,28)26-9-3-4-16(26)15-11-22-13-20(24-15)25-19-12-21-7-8-23-19/h5-8,10-13,16H,3-4,9H2,1-2H3,(H,23,24,25). The van der Waals surface area contributed by atoms with E-state index in [0.717, 1.165) is 12.0 Å². The highest BCUT2D eigenvalue weighted by atomic mass is 32.2. The molecule has 3 heterocycles. The van der Waals surface area contributed by atoms with Crippen molar-refractivity contribution in [1.29, 1.82) is 0 Å². The lowest BCUT2D eigenvalue weighted by Gasteiger charge is -2.24. The molecule has 10 heteroatoms. The predicted molar refractivity (Wildman–Crippen MR) is 111 cm³/mol. The van der Waals surface area contributed by atoms with Crippen molar-refractivity contribution >= 4 is 21.7 Å². The van der Waals surface area contributed by atoms with Gasteiger partial charge in [0.1, 0.15) is 22.3 Å². The minimum absolute atomic E-state index is 0.165. The summed E-state index contributed by atoms with van der Waals surface area (Å²) in [5.74, 6) is 1.34. The van der Waals surface area contributed by atoms with Gasteiger partial charge in [0.2, 0.25) is 10.0 Å².